The van der Waals surface area contributed by atoms with Crippen molar-refractivity contribution in [2.24, 2.45) is 0 Å². The Morgan fingerprint density at radius 3 is 2.77 bits per heavy atom. The van der Waals surface area contributed by atoms with Gasteiger partial charge in [-0.3, -0.25) is 9.59 Å². The molecule has 154 valence electrons. The molecule has 4 aromatic rings. The molecule has 8 nitrogen and oxygen atoms in total. The first-order valence-electron chi connectivity index (χ1n) is 9.58. The molecule has 0 bridgehead atoms. The molecule has 0 unspecified atom stereocenters. The van der Waals surface area contributed by atoms with Crippen LogP contribution in [0.4, 0.5) is 5.69 Å². The fourth-order valence-corrected chi connectivity index (χ4v) is 3.74. The number of thioether (sulfide) groups is 1. The molecule has 2 N–H and O–H groups in total. The first-order chi connectivity index (χ1) is 15.1. The van der Waals surface area contributed by atoms with Crippen LogP contribution in [0.15, 0.2) is 64.5 Å². The van der Waals surface area contributed by atoms with Crippen molar-refractivity contribution in [1.29, 1.82) is 5.26 Å². The zero-order chi connectivity index (χ0) is 21.8. The summed E-state index contributed by atoms with van der Waals surface area (Å²) < 4.78 is 1.45. The van der Waals surface area contributed by atoms with Crippen molar-refractivity contribution >= 4 is 28.9 Å². The van der Waals surface area contributed by atoms with E-state index in [2.05, 4.69) is 27.5 Å². The van der Waals surface area contributed by atoms with Gasteiger partial charge < -0.3 is 5.32 Å². The Kier molecular flexibility index (Phi) is 5.82. The van der Waals surface area contributed by atoms with Crippen molar-refractivity contribution < 1.29 is 4.79 Å². The SMILES string of the molecule is CCc1ccc(-c2cc3c(=O)[nH]nc(SCC(=O)Nc4cccc(C#N)c4)n3n2)cc1. The number of nitrogens with one attached hydrogen (secondary N) is 2. The minimum atomic E-state index is -0.356. The van der Waals surface area contributed by atoms with Gasteiger partial charge in [0.05, 0.1) is 23.1 Å². The second kappa shape index (κ2) is 8.85. The molecule has 2 heterocycles. The maximum atomic E-state index is 12.3. The van der Waals surface area contributed by atoms with Gasteiger partial charge >= 0.3 is 0 Å². The summed E-state index contributed by atoms with van der Waals surface area (Å²) in [5.41, 5.74) is 3.77. The smallest absolute Gasteiger partial charge is 0.290 e. The van der Waals surface area contributed by atoms with Crippen LogP contribution in [0.25, 0.3) is 16.8 Å². The van der Waals surface area contributed by atoms with Crippen LogP contribution in [0.5, 0.6) is 0 Å². The molecule has 0 spiro atoms. The van der Waals surface area contributed by atoms with E-state index in [4.69, 9.17) is 5.26 Å². The second-order valence-electron chi connectivity index (χ2n) is 6.74. The predicted molar refractivity (Wildman–Crippen MR) is 119 cm³/mol. The van der Waals surface area contributed by atoms with Crippen LogP contribution < -0.4 is 10.9 Å². The number of hydrogen-bond donors (Lipinski definition) is 2. The van der Waals surface area contributed by atoms with E-state index in [0.717, 1.165) is 23.7 Å². The third kappa shape index (κ3) is 4.49. The monoisotopic (exact) mass is 430 g/mol. The number of fused-ring (bicyclic) bond motifs is 1. The fourth-order valence-electron chi connectivity index (χ4n) is 3.03. The van der Waals surface area contributed by atoms with Gasteiger partial charge in [0.2, 0.25) is 11.1 Å². The van der Waals surface area contributed by atoms with Crippen LogP contribution in [0.2, 0.25) is 0 Å². The van der Waals surface area contributed by atoms with Gasteiger partial charge in [-0.2, -0.15) is 10.4 Å². The van der Waals surface area contributed by atoms with E-state index >= 15 is 0 Å². The lowest BCUT2D eigenvalue weighted by Gasteiger charge is -2.05. The molecule has 0 radical (unpaired) electrons. The summed E-state index contributed by atoms with van der Waals surface area (Å²) in [5, 5.41) is 23.2. The minimum absolute atomic E-state index is 0.0608. The van der Waals surface area contributed by atoms with Crippen LogP contribution >= 0.6 is 11.8 Å². The summed E-state index contributed by atoms with van der Waals surface area (Å²) in [6, 6.07) is 18.4. The maximum absolute atomic E-state index is 12.3. The first kappa shape index (κ1) is 20.4. The van der Waals surface area contributed by atoms with E-state index in [-0.39, 0.29) is 17.2 Å². The number of nitrogens with zero attached hydrogens (tertiary/aromatic N) is 4. The van der Waals surface area contributed by atoms with Gasteiger partial charge in [0, 0.05) is 11.3 Å². The Morgan fingerprint density at radius 1 is 1.23 bits per heavy atom. The maximum Gasteiger partial charge on any atom is 0.290 e. The molecule has 0 saturated heterocycles. The Hall–Kier alpha value is -3.90. The highest BCUT2D eigenvalue weighted by Crippen LogP contribution is 2.22. The molecule has 2 aromatic heterocycles. The van der Waals surface area contributed by atoms with Crippen molar-refractivity contribution in [1.82, 2.24) is 19.8 Å². The minimum Gasteiger partial charge on any atom is -0.325 e. The van der Waals surface area contributed by atoms with Gasteiger partial charge in [0.25, 0.3) is 5.56 Å². The average Bonchev–Trinajstić information content (AvgIpc) is 3.25. The lowest BCUT2D eigenvalue weighted by atomic mass is 10.1. The Morgan fingerprint density at radius 2 is 2.03 bits per heavy atom. The summed E-state index contributed by atoms with van der Waals surface area (Å²) in [6.45, 7) is 2.09. The van der Waals surface area contributed by atoms with Gasteiger partial charge in [-0.05, 0) is 36.2 Å². The highest BCUT2D eigenvalue weighted by atomic mass is 32.2. The van der Waals surface area contributed by atoms with Crippen molar-refractivity contribution in [2.45, 2.75) is 18.5 Å². The number of amides is 1. The number of hydrogen-bond acceptors (Lipinski definition) is 6. The Bertz CT molecular complexity index is 1350. The third-order valence-electron chi connectivity index (χ3n) is 4.64. The quantitative estimate of drug-likeness (QED) is 0.454. The highest BCUT2D eigenvalue weighted by molar-refractivity contribution is 7.99. The predicted octanol–water partition coefficient (Wildman–Crippen LogP) is 3.25. The van der Waals surface area contributed by atoms with E-state index in [0.29, 0.717) is 27.6 Å². The molecule has 0 aliphatic rings. The number of carbonyl (C=O) groups excluding carboxylic acids is 1. The van der Waals surface area contributed by atoms with Crippen molar-refractivity contribution in [3.05, 3.63) is 76.1 Å². The molecule has 0 fully saturated rings. The lowest BCUT2D eigenvalue weighted by Crippen LogP contribution is -2.17. The fraction of sp³-hybridized carbons (Fsp3) is 0.136. The van der Waals surface area contributed by atoms with Gasteiger partial charge in [0.15, 0.2) is 0 Å². The van der Waals surface area contributed by atoms with Crippen molar-refractivity contribution in [2.75, 3.05) is 11.1 Å². The summed E-state index contributed by atoms with van der Waals surface area (Å²) in [5.74, 6) is -0.200. The molecule has 0 aliphatic heterocycles. The zero-order valence-corrected chi connectivity index (χ0v) is 17.4. The molecule has 4 rings (SSSR count). The van der Waals surface area contributed by atoms with E-state index < -0.39 is 0 Å². The van der Waals surface area contributed by atoms with Crippen LogP contribution in [0, 0.1) is 11.3 Å². The molecule has 9 heteroatoms. The number of benzene rings is 2. The molecule has 1 amide bonds. The molecule has 0 saturated carbocycles. The topological polar surface area (TPSA) is 116 Å². The molecule has 31 heavy (non-hydrogen) atoms. The summed E-state index contributed by atoms with van der Waals surface area (Å²) in [4.78, 5) is 24.6. The molecule has 2 aromatic carbocycles. The molecular formula is C22H18N6O2S. The Balaban J connectivity index is 1.54. The number of carbonyl (C=O) groups is 1. The van der Waals surface area contributed by atoms with Gasteiger partial charge in [-0.15, -0.1) is 5.10 Å². The van der Waals surface area contributed by atoms with Gasteiger partial charge in [-0.25, -0.2) is 9.61 Å². The number of H-pyrrole nitrogens is 1. The summed E-state index contributed by atoms with van der Waals surface area (Å²) >= 11 is 1.15. The molecule has 0 aliphatic carbocycles. The lowest BCUT2D eigenvalue weighted by molar-refractivity contribution is -0.113. The van der Waals surface area contributed by atoms with Crippen LogP contribution in [0.3, 0.4) is 0 Å². The Labute approximate surface area is 181 Å². The second-order valence-corrected chi connectivity index (χ2v) is 7.68. The largest absolute Gasteiger partial charge is 0.325 e. The number of aromatic nitrogens is 4. The molecule has 0 atom stereocenters. The zero-order valence-electron chi connectivity index (χ0n) is 16.6. The number of aromatic amines is 1. The number of nitriles is 1. The third-order valence-corrected chi connectivity index (χ3v) is 5.57. The number of aryl methyl sites for hydroxylation is 1. The molecular weight excluding hydrogens is 412 g/mol. The van der Waals surface area contributed by atoms with E-state index in [1.165, 1.54) is 10.1 Å². The number of anilines is 1. The van der Waals surface area contributed by atoms with Crippen molar-refractivity contribution in [3.63, 3.8) is 0 Å². The number of rotatable bonds is 6. The van der Waals surface area contributed by atoms with E-state index in [1.54, 1.807) is 30.3 Å². The average molecular weight is 430 g/mol. The van der Waals surface area contributed by atoms with Crippen molar-refractivity contribution in [3.8, 4) is 17.3 Å². The van der Waals surface area contributed by atoms with E-state index in [9.17, 15) is 9.59 Å². The summed E-state index contributed by atoms with van der Waals surface area (Å²) in [6.07, 6.45) is 0.943. The normalized spacial score (nSPS) is 10.7. The van der Waals surface area contributed by atoms with Gasteiger partial charge in [-0.1, -0.05) is 49.0 Å². The summed E-state index contributed by atoms with van der Waals surface area (Å²) in [7, 11) is 0. The highest BCUT2D eigenvalue weighted by Gasteiger charge is 2.14. The van der Waals surface area contributed by atoms with Crippen LogP contribution in [0.1, 0.15) is 18.1 Å². The standard InChI is InChI=1S/C22H18N6O2S/c1-2-14-6-8-16(9-7-14)18-11-19-21(30)25-26-22(28(19)27-18)31-13-20(29)24-17-5-3-4-15(10-17)12-23/h3-11H,2,13H2,1H3,(H,24,29)(H,25,30). The first-order valence-corrected chi connectivity index (χ1v) is 10.6. The van der Waals surface area contributed by atoms with Crippen LogP contribution in [-0.2, 0) is 11.2 Å². The van der Waals surface area contributed by atoms with Gasteiger partial charge in [0.1, 0.15) is 5.52 Å². The van der Waals surface area contributed by atoms with E-state index in [1.807, 2.05) is 30.3 Å². The van der Waals surface area contributed by atoms with Crippen LogP contribution in [-0.4, -0.2) is 31.5 Å².